The summed E-state index contributed by atoms with van der Waals surface area (Å²) >= 11 is 0. The molecule has 0 bridgehead atoms. The summed E-state index contributed by atoms with van der Waals surface area (Å²) in [4.78, 5) is 4.58. The fraction of sp³-hybridized carbons (Fsp3) is 0.278. The summed E-state index contributed by atoms with van der Waals surface area (Å²) in [7, 11) is 3.19. The first kappa shape index (κ1) is 16.0. The molecule has 0 fully saturated rings. The molecule has 0 radical (unpaired) electrons. The molecule has 0 amide bonds. The van der Waals surface area contributed by atoms with E-state index in [1.807, 2.05) is 49.4 Å². The number of rotatable bonds is 4. The summed E-state index contributed by atoms with van der Waals surface area (Å²) in [6, 6.07) is 13.2. The van der Waals surface area contributed by atoms with Crippen molar-refractivity contribution in [3.63, 3.8) is 0 Å². The average molecular weight is 327 g/mol. The van der Waals surface area contributed by atoms with Gasteiger partial charge >= 0.3 is 0 Å². The van der Waals surface area contributed by atoms with Gasteiger partial charge in [0.25, 0.3) is 0 Å². The third kappa shape index (κ3) is 3.08. The van der Waals surface area contributed by atoms with Crippen LogP contribution < -0.4 is 25.3 Å². The van der Waals surface area contributed by atoms with Crippen LogP contribution in [-0.4, -0.2) is 26.3 Å². The fourth-order valence-electron chi connectivity index (χ4n) is 2.77. The van der Waals surface area contributed by atoms with Crippen LogP contribution in [0.1, 0.15) is 18.5 Å². The van der Waals surface area contributed by atoms with E-state index >= 15 is 0 Å². The number of aliphatic imine (C=N–C) groups is 1. The van der Waals surface area contributed by atoms with Crippen LogP contribution in [0.2, 0.25) is 0 Å². The van der Waals surface area contributed by atoms with E-state index in [1.165, 1.54) is 0 Å². The molecular weight excluding hydrogens is 306 g/mol. The Hall–Kier alpha value is -2.89. The maximum Gasteiger partial charge on any atom is 0.193 e. The monoisotopic (exact) mass is 327 g/mol. The molecule has 0 aliphatic carbocycles. The largest absolute Gasteiger partial charge is 0.493 e. The SMILES string of the molecule is COc1ccc(NC(N)=NC2c3ccccc3OC2C)cc1OC. The number of methoxy groups -OCH3 is 2. The number of guanidine groups is 1. The van der Waals surface area contributed by atoms with Gasteiger partial charge in [-0.25, -0.2) is 4.99 Å². The minimum absolute atomic E-state index is 0.0619. The van der Waals surface area contributed by atoms with Gasteiger partial charge in [-0.15, -0.1) is 0 Å². The van der Waals surface area contributed by atoms with Crippen molar-refractivity contribution in [2.24, 2.45) is 10.7 Å². The molecule has 1 aliphatic rings. The molecule has 1 heterocycles. The standard InChI is InChI=1S/C18H21N3O3/c1-11-17(13-6-4-5-7-14(13)24-11)21-18(19)20-12-8-9-15(22-2)16(10-12)23-3/h4-11,17H,1-3H3,(H3,19,20,21). The van der Waals surface area contributed by atoms with Crippen molar-refractivity contribution in [2.45, 2.75) is 19.1 Å². The summed E-state index contributed by atoms with van der Waals surface area (Å²) in [5, 5.41) is 3.08. The van der Waals surface area contributed by atoms with Crippen LogP contribution >= 0.6 is 0 Å². The molecule has 1 aliphatic heterocycles. The van der Waals surface area contributed by atoms with Gasteiger partial charge in [-0.3, -0.25) is 0 Å². The summed E-state index contributed by atoms with van der Waals surface area (Å²) < 4.78 is 16.3. The molecule has 3 N–H and O–H groups in total. The number of nitrogens with one attached hydrogen (secondary N) is 1. The normalized spacial score (nSPS) is 19.4. The van der Waals surface area contributed by atoms with E-state index in [4.69, 9.17) is 19.9 Å². The van der Waals surface area contributed by atoms with E-state index in [2.05, 4.69) is 10.3 Å². The number of nitrogens with two attached hydrogens (primary N) is 1. The molecule has 0 spiro atoms. The van der Waals surface area contributed by atoms with Crippen molar-refractivity contribution in [3.8, 4) is 17.2 Å². The third-order valence-corrected chi connectivity index (χ3v) is 3.93. The van der Waals surface area contributed by atoms with Crippen LogP contribution in [0.4, 0.5) is 5.69 Å². The van der Waals surface area contributed by atoms with Crippen LogP contribution in [0.3, 0.4) is 0 Å². The molecule has 2 aromatic rings. The molecule has 126 valence electrons. The number of para-hydroxylation sites is 1. The Morgan fingerprint density at radius 1 is 1.12 bits per heavy atom. The van der Waals surface area contributed by atoms with Gasteiger partial charge in [0, 0.05) is 17.3 Å². The van der Waals surface area contributed by atoms with Crippen LogP contribution in [0.15, 0.2) is 47.5 Å². The van der Waals surface area contributed by atoms with Gasteiger partial charge in [0.15, 0.2) is 17.5 Å². The van der Waals surface area contributed by atoms with Gasteiger partial charge < -0.3 is 25.3 Å². The first-order valence-electron chi connectivity index (χ1n) is 7.70. The van der Waals surface area contributed by atoms with Gasteiger partial charge in [0.1, 0.15) is 17.9 Å². The summed E-state index contributed by atoms with van der Waals surface area (Å²) in [5.74, 6) is 2.46. The molecule has 2 unspecified atom stereocenters. The zero-order chi connectivity index (χ0) is 17.1. The lowest BCUT2D eigenvalue weighted by molar-refractivity contribution is 0.229. The fourth-order valence-corrected chi connectivity index (χ4v) is 2.77. The zero-order valence-corrected chi connectivity index (χ0v) is 13.9. The first-order valence-corrected chi connectivity index (χ1v) is 7.70. The van der Waals surface area contributed by atoms with Crippen LogP contribution in [-0.2, 0) is 0 Å². The number of anilines is 1. The Morgan fingerprint density at radius 3 is 2.62 bits per heavy atom. The van der Waals surface area contributed by atoms with E-state index in [1.54, 1.807) is 14.2 Å². The van der Waals surface area contributed by atoms with E-state index in [-0.39, 0.29) is 12.1 Å². The molecule has 24 heavy (non-hydrogen) atoms. The summed E-state index contributed by atoms with van der Waals surface area (Å²) in [6.45, 7) is 1.98. The predicted molar refractivity (Wildman–Crippen MR) is 94.1 cm³/mol. The van der Waals surface area contributed by atoms with Crippen LogP contribution in [0.25, 0.3) is 0 Å². The second-order valence-electron chi connectivity index (χ2n) is 5.51. The average Bonchev–Trinajstić information content (AvgIpc) is 2.90. The molecular formula is C18H21N3O3. The molecule has 0 saturated carbocycles. The van der Waals surface area contributed by atoms with E-state index in [9.17, 15) is 0 Å². The first-order chi connectivity index (χ1) is 11.6. The Labute approximate surface area is 141 Å². The van der Waals surface area contributed by atoms with E-state index in [0.717, 1.165) is 17.0 Å². The highest BCUT2D eigenvalue weighted by molar-refractivity contribution is 5.92. The number of fused-ring (bicyclic) bond motifs is 1. The van der Waals surface area contributed by atoms with Gasteiger partial charge in [-0.2, -0.15) is 0 Å². The lowest BCUT2D eigenvalue weighted by Gasteiger charge is -2.14. The Kier molecular flexibility index (Phi) is 4.46. The lowest BCUT2D eigenvalue weighted by Crippen LogP contribution is -2.25. The van der Waals surface area contributed by atoms with Gasteiger partial charge in [-0.05, 0) is 25.1 Å². The van der Waals surface area contributed by atoms with Crippen molar-refractivity contribution in [2.75, 3.05) is 19.5 Å². The maximum absolute atomic E-state index is 6.08. The highest BCUT2D eigenvalue weighted by Gasteiger charge is 2.30. The number of hydrogen-bond acceptors (Lipinski definition) is 4. The van der Waals surface area contributed by atoms with Gasteiger partial charge in [0.2, 0.25) is 0 Å². The molecule has 3 rings (SSSR count). The number of hydrogen-bond donors (Lipinski definition) is 2. The van der Waals surface area contributed by atoms with Crippen LogP contribution in [0, 0.1) is 0 Å². The van der Waals surface area contributed by atoms with E-state index < -0.39 is 0 Å². The number of ether oxygens (including phenoxy) is 3. The van der Waals surface area contributed by atoms with Crippen LogP contribution in [0.5, 0.6) is 17.2 Å². The molecule has 2 atom stereocenters. The highest BCUT2D eigenvalue weighted by Crippen LogP contribution is 2.38. The van der Waals surface area contributed by atoms with Crippen molar-refractivity contribution in [3.05, 3.63) is 48.0 Å². The maximum atomic E-state index is 6.08. The minimum atomic E-state index is -0.131. The Balaban J connectivity index is 1.80. The topological polar surface area (TPSA) is 78.1 Å². The lowest BCUT2D eigenvalue weighted by atomic mass is 10.1. The second kappa shape index (κ2) is 6.70. The highest BCUT2D eigenvalue weighted by atomic mass is 16.5. The van der Waals surface area contributed by atoms with Gasteiger partial charge in [0.05, 0.1) is 14.2 Å². The van der Waals surface area contributed by atoms with Crippen molar-refractivity contribution < 1.29 is 14.2 Å². The van der Waals surface area contributed by atoms with E-state index in [0.29, 0.717) is 17.5 Å². The molecule has 6 nitrogen and oxygen atoms in total. The molecule has 0 aromatic heterocycles. The zero-order valence-electron chi connectivity index (χ0n) is 13.9. The smallest absolute Gasteiger partial charge is 0.193 e. The molecule has 6 heteroatoms. The predicted octanol–water partition coefficient (Wildman–Crippen LogP) is 2.95. The Morgan fingerprint density at radius 2 is 1.88 bits per heavy atom. The summed E-state index contributed by atoms with van der Waals surface area (Å²) in [6.07, 6.45) is -0.0619. The van der Waals surface area contributed by atoms with Gasteiger partial charge in [-0.1, -0.05) is 18.2 Å². The number of benzene rings is 2. The number of nitrogens with zero attached hydrogens (tertiary/aromatic N) is 1. The quantitative estimate of drug-likeness (QED) is 0.667. The third-order valence-electron chi connectivity index (χ3n) is 3.93. The van der Waals surface area contributed by atoms with Crippen molar-refractivity contribution >= 4 is 11.6 Å². The summed E-state index contributed by atoms with van der Waals surface area (Å²) in [5.41, 5.74) is 7.89. The van der Waals surface area contributed by atoms with Crippen molar-refractivity contribution in [1.82, 2.24) is 0 Å². The van der Waals surface area contributed by atoms with Crippen molar-refractivity contribution in [1.29, 1.82) is 0 Å². The minimum Gasteiger partial charge on any atom is -0.493 e. The second-order valence-corrected chi connectivity index (χ2v) is 5.51. The molecule has 2 aromatic carbocycles. The Bertz CT molecular complexity index is 761. The molecule has 0 saturated heterocycles.